The normalized spacial score (nSPS) is 16.6. The van der Waals surface area contributed by atoms with E-state index in [1.165, 1.54) is 17.3 Å². The van der Waals surface area contributed by atoms with Gasteiger partial charge in [0.05, 0.1) is 12.8 Å². The van der Waals surface area contributed by atoms with Crippen molar-refractivity contribution in [2.24, 2.45) is 4.99 Å². The van der Waals surface area contributed by atoms with Gasteiger partial charge >= 0.3 is 0 Å². The van der Waals surface area contributed by atoms with Crippen molar-refractivity contribution in [1.29, 1.82) is 0 Å². The fourth-order valence-electron chi connectivity index (χ4n) is 3.68. The van der Waals surface area contributed by atoms with E-state index in [2.05, 4.69) is 17.4 Å². The molecule has 1 aliphatic heterocycles. The number of para-hydroxylation sites is 1. The number of rotatable bonds is 9. The third-order valence-corrected chi connectivity index (χ3v) is 6.61. The minimum absolute atomic E-state index is 0.0716. The second-order valence-electron chi connectivity index (χ2n) is 7.90. The Morgan fingerprint density at radius 1 is 1.00 bits per heavy atom. The molecule has 3 aromatic rings. The predicted molar refractivity (Wildman–Crippen MR) is 138 cm³/mol. The van der Waals surface area contributed by atoms with Crippen molar-refractivity contribution in [3.05, 3.63) is 90.5 Å². The van der Waals surface area contributed by atoms with Gasteiger partial charge in [0.15, 0.2) is 5.17 Å². The van der Waals surface area contributed by atoms with Crippen LogP contribution in [0, 0.1) is 0 Å². The lowest BCUT2D eigenvalue weighted by atomic mass is 10.1. The fourth-order valence-corrected chi connectivity index (χ4v) is 4.87. The molecule has 4 rings (SSSR count). The third kappa shape index (κ3) is 6.26. The van der Waals surface area contributed by atoms with Crippen LogP contribution in [-0.4, -0.2) is 40.8 Å². The molecular weight excluding hydrogens is 446 g/mol. The molecule has 0 bridgehead atoms. The summed E-state index contributed by atoms with van der Waals surface area (Å²) in [5, 5.41) is 3.01. The molecule has 34 heavy (non-hydrogen) atoms. The smallest absolute Gasteiger partial charge is 0.242 e. The zero-order chi connectivity index (χ0) is 23.8. The van der Waals surface area contributed by atoms with Crippen LogP contribution in [0.25, 0.3) is 0 Å². The Balaban J connectivity index is 1.43. The molecule has 0 aromatic heterocycles. The zero-order valence-corrected chi connectivity index (χ0v) is 19.8. The Kier molecular flexibility index (Phi) is 7.99. The number of aliphatic imine (C=N–C) groups is 1. The van der Waals surface area contributed by atoms with E-state index in [4.69, 9.17) is 9.73 Å². The van der Waals surface area contributed by atoms with E-state index in [1.807, 2.05) is 48.5 Å². The molecule has 1 atom stereocenters. The van der Waals surface area contributed by atoms with E-state index in [9.17, 15) is 9.59 Å². The van der Waals surface area contributed by atoms with Gasteiger partial charge in [-0.3, -0.25) is 14.5 Å². The summed E-state index contributed by atoms with van der Waals surface area (Å²) in [4.78, 5) is 32.4. The van der Waals surface area contributed by atoms with Crippen molar-refractivity contribution in [3.8, 4) is 5.75 Å². The Morgan fingerprint density at radius 3 is 2.35 bits per heavy atom. The van der Waals surface area contributed by atoms with Gasteiger partial charge in [0.1, 0.15) is 11.0 Å². The summed E-state index contributed by atoms with van der Waals surface area (Å²) >= 11 is 1.36. The molecule has 0 aliphatic carbocycles. The minimum Gasteiger partial charge on any atom is -0.497 e. The molecule has 1 saturated heterocycles. The van der Waals surface area contributed by atoms with Crippen molar-refractivity contribution in [3.63, 3.8) is 0 Å². The predicted octanol–water partition coefficient (Wildman–Crippen LogP) is 5.29. The number of methoxy groups -OCH3 is 1. The van der Waals surface area contributed by atoms with Gasteiger partial charge in [0.2, 0.25) is 11.8 Å². The van der Waals surface area contributed by atoms with E-state index in [-0.39, 0.29) is 18.2 Å². The molecule has 1 N–H and O–H groups in total. The highest BCUT2D eigenvalue weighted by molar-refractivity contribution is 8.15. The van der Waals surface area contributed by atoms with Gasteiger partial charge in [-0.1, -0.05) is 60.3 Å². The standard InChI is InChI=1S/C27H27N3O3S/c1-33-23-16-14-22(15-17-23)28-25(31)19-24-26(32)30(18-8-11-20-9-4-2-5-10-20)27(34-24)29-21-12-6-3-7-13-21/h2-7,9-10,12-17,24H,8,11,18-19H2,1H3,(H,28,31)/t24-/m0/s1. The summed E-state index contributed by atoms with van der Waals surface area (Å²) in [6, 6.07) is 26.9. The Hall–Kier alpha value is -3.58. The van der Waals surface area contributed by atoms with Crippen molar-refractivity contribution >= 4 is 40.1 Å². The van der Waals surface area contributed by atoms with E-state index >= 15 is 0 Å². The van der Waals surface area contributed by atoms with E-state index in [0.29, 0.717) is 23.1 Å². The monoisotopic (exact) mass is 473 g/mol. The van der Waals surface area contributed by atoms with Crippen LogP contribution in [0.2, 0.25) is 0 Å². The first-order valence-corrected chi connectivity index (χ1v) is 12.1. The minimum atomic E-state index is -0.502. The molecule has 0 saturated carbocycles. The van der Waals surface area contributed by atoms with Crippen LogP contribution in [0.15, 0.2) is 89.9 Å². The molecule has 7 heteroatoms. The van der Waals surface area contributed by atoms with Crippen LogP contribution in [0.5, 0.6) is 5.75 Å². The van der Waals surface area contributed by atoms with Gasteiger partial charge in [-0.05, 0) is 54.8 Å². The van der Waals surface area contributed by atoms with Crippen molar-refractivity contribution in [2.45, 2.75) is 24.5 Å². The van der Waals surface area contributed by atoms with Gasteiger partial charge < -0.3 is 10.1 Å². The highest BCUT2D eigenvalue weighted by atomic mass is 32.2. The number of nitrogens with zero attached hydrogens (tertiary/aromatic N) is 2. The number of aryl methyl sites for hydroxylation is 1. The summed E-state index contributed by atoms with van der Waals surface area (Å²) in [6.45, 7) is 0.559. The lowest BCUT2D eigenvalue weighted by molar-refractivity contribution is -0.128. The average molecular weight is 474 g/mol. The number of ether oxygens (including phenoxy) is 1. The molecule has 174 valence electrons. The molecule has 0 spiro atoms. The molecule has 0 radical (unpaired) electrons. The van der Waals surface area contributed by atoms with Crippen LogP contribution >= 0.6 is 11.8 Å². The fraction of sp³-hybridized carbons (Fsp3) is 0.222. The lowest BCUT2D eigenvalue weighted by Gasteiger charge is -2.16. The van der Waals surface area contributed by atoms with Crippen LogP contribution in [-0.2, 0) is 16.0 Å². The van der Waals surface area contributed by atoms with E-state index < -0.39 is 5.25 Å². The lowest BCUT2D eigenvalue weighted by Crippen LogP contribution is -2.34. The van der Waals surface area contributed by atoms with Gasteiger partial charge in [0, 0.05) is 18.7 Å². The zero-order valence-electron chi connectivity index (χ0n) is 19.0. The number of amides is 2. The summed E-state index contributed by atoms with van der Waals surface area (Å²) < 4.78 is 5.15. The largest absolute Gasteiger partial charge is 0.497 e. The van der Waals surface area contributed by atoms with Crippen molar-refractivity contribution in [2.75, 3.05) is 19.0 Å². The SMILES string of the molecule is COc1ccc(NC(=O)C[C@@H]2SC(=Nc3ccccc3)N(CCCc3ccccc3)C2=O)cc1. The number of thioether (sulfide) groups is 1. The number of amidine groups is 1. The first kappa shape index (κ1) is 23.6. The molecule has 3 aromatic carbocycles. The van der Waals surface area contributed by atoms with Crippen LogP contribution in [0.1, 0.15) is 18.4 Å². The first-order valence-electron chi connectivity index (χ1n) is 11.2. The van der Waals surface area contributed by atoms with Crippen LogP contribution < -0.4 is 10.1 Å². The van der Waals surface area contributed by atoms with Crippen molar-refractivity contribution in [1.82, 2.24) is 4.90 Å². The summed E-state index contributed by atoms with van der Waals surface area (Å²) in [5.41, 5.74) is 2.69. The molecule has 1 aliphatic rings. The number of nitrogens with one attached hydrogen (secondary N) is 1. The Labute approximate surface area is 204 Å². The molecule has 6 nitrogen and oxygen atoms in total. The number of carbonyl (C=O) groups is 2. The number of carbonyl (C=O) groups excluding carboxylic acids is 2. The third-order valence-electron chi connectivity index (χ3n) is 5.44. The molecule has 1 heterocycles. The first-order chi connectivity index (χ1) is 16.6. The van der Waals surface area contributed by atoms with Gasteiger partial charge in [-0.15, -0.1) is 0 Å². The maximum atomic E-state index is 13.2. The number of hydrogen-bond acceptors (Lipinski definition) is 5. The van der Waals surface area contributed by atoms with Gasteiger partial charge in [-0.25, -0.2) is 4.99 Å². The van der Waals surface area contributed by atoms with E-state index in [1.54, 1.807) is 36.3 Å². The summed E-state index contributed by atoms with van der Waals surface area (Å²) in [5.74, 6) is 0.436. The van der Waals surface area contributed by atoms with Crippen molar-refractivity contribution < 1.29 is 14.3 Å². The topological polar surface area (TPSA) is 71.0 Å². The molecule has 1 fully saturated rings. The highest BCUT2D eigenvalue weighted by Crippen LogP contribution is 2.32. The van der Waals surface area contributed by atoms with Crippen LogP contribution in [0.3, 0.4) is 0 Å². The second kappa shape index (κ2) is 11.5. The summed E-state index contributed by atoms with van der Waals surface area (Å²) in [6.07, 6.45) is 1.77. The summed E-state index contributed by atoms with van der Waals surface area (Å²) in [7, 11) is 1.59. The maximum absolute atomic E-state index is 13.2. The maximum Gasteiger partial charge on any atom is 0.242 e. The molecule has 0 unspecified atom stereocenters. The molecular formula is C27H27N3O3S. The Morgan fingerprint density at radius 2 is 1.68 bits per heavy atom. The number of hydrogen-bond donors (Lipinski definition) is 1. The average Bonchev–Trinajstić information content (AvgIpc) is 3.14. The van der Waals surface area contributed by atoms with Gasteiger partial charge in [0.25, 0.3) is 0 Å². The number of benzene rings is 3. The van der Waals surface area contributed by atoms with Crippen LogP contribution in [0.4, 0.5) is 11.4 Å². The Bertz CT molecular complexity index is 1130. The van der Waals surface area contributed by atoms with E-state index in [0.717, 1.165) is 18.5 Å². The quantitative estimate of drug-likeness (QED) is 0.459. The number of anilines is 1. The molecule has 2 amide bonds. The highest BCUT2D eigenvalue weighted by Gasteiger charge is 2.38. The van der Waals surface area contributed by atoms with Gasteiger partial charge in [-0.2, -0.15) is 0 Å². The second-order valence-corrected chi connectivity index (χ2v) is 9.07.